The van der Waals surface area contributed by atoms with Crippen LogP contribution in [0.2, 0.25) is 0 Å². The van der Waals surface area contributed by atoms with Crippen molar-refractivity contribution < 1.29 is 4.74 Å². The number of fused-ring (bicyclic) bond motifs is 1. The van der Waals surface area contributed by atoms with E-state index in [9.17, 15) is 0 Å². The first kappa shape index (κ1) is 15.3. The number of methoxy groups -OCH3 is 1. The van der Waals surface area contributed by atoms with E-state index in [1.165, 1.54) is 21.9 Å². The van der Waals surface area contributed by atoms with Gasteiger partial charge < -0.3 is 10.1 Å². The fourth-order valence-corrected chi connectivity index (χ4v) is 3.11. The molecule has 0 unspecified atom stereocenters. The van der Waals surface area contributed by atoms with E-state index < -0.39 is 0 Å². The predicted octanol–water partition coefficient (Wildman–Crippen LogP) is 6.26. The van der Waals surface area contributed by atoms with Crippen LogP contribution in [0.25, 0.3) is 21.9 Å². The summed E-state index contributed by atoms with van der Waals surface area (Å²) < 4.78 is 5.23. The second-order valence-electron chi connectivity index (χ2n) is 5.93. The van der Waals surface area contributed by atoms with Crippen molar-refractivity contribution in [1.29, 1.82) is 0 Å². The first-order valence-electron chi connectivity index (χ1n) is 8.33. The van der Waals surface area contributed by atoms with Crippen molar-refractivity contribution in [2.75, 3.05) is 12.4 Å². The highest BCUT2D eigenvalue weighted by Crippen LogP contribution is 2.34. The minimum absolute atomic E-state index is 0.856. The summed E-state index contributed by atoms with van der Waals surface area (Å²) in [4.78, 5) is 0. The lowest BCUT2D eigenvalue weighted by molar-refractivity contribution is 0.415. The van der Waals surface area contributed by atoms with Crippen LogP contribution >= 0.6 is 0 Å². The van der Waals surface area contributed by atoms with Crippen molar-refractivity contribution in [3.8, 4) is 16.9 Å². The van der Waals surface area contributed by atoms with Crippen molar-refractivity contribution >= 4 is 22.1 Å². The number of anilines is 2. The van der Waals surface area contributed by atoms with Gasteiger partial charge in [-0.1, -0.05) is 60.7 Å². The summed E-state index contributed by atoms with van der Waals surface area (Å²) in [6.07, 6.45) is 0. The van der Waals surface area contributed by atoms with Gasteiger partial charge >= 0.3 is 0 Å². The summed E-state index contributed by atoms with van der Waals surface area (Å²) >= 11 is 0. The van der Waals surface area contributed by atoms with Crippen molar-refractivity contribution in [3.63, 3.8) is 0 Å². The van der Waals surface area contributed by atoms with Crippen LogP contribution in [-0.4, -0.2) is 7.11 Å². The van der Waals surface area contributed by atoms with Gasteiger partial charge in [0, 0.05) is 16.8 Å². The normalized spacial score (nSPS) is 10.6. The molecule has 0 heterocycles. The largest absolute Gasteiger partial charge is 0.497 e. The summed E-state index contributed by atoms with van der Waals surface area (Å²) in [6.45, 7) is 0. The molecule has 0 bridgehead atoms. The number of rotatable bonds is 4. The fourth-order valence-electron chi connectivity index (χ4n) is 3.11. The molecule has 0 aliphatic heterocycles. The zero-order chi connectivity index (χ0) is 17.1. The van der Waals surface area contributed by atoms with Crippen LogP contribution in [0.1, 0.15) is 0 Å². The molecule has 2 heteroatoms. The van der Waals surface area contributed by atoms with E-state index in [0.29, 0.717) is 0 Å². The maximum Gasteiger partial charge on any atom is 0.119 e. The molecule has 0 saturated heterocycles. The van der Waals surface area contributed by atoms with Crippen LogP contribution in [0, 0.1) is 0 Å². The summed E-state index contributed by atoms with van der Waals surface area (Å²) in [5.74, 6) is 0.856. The van der Waals surface area contributed by atoms with Crippen LogP contribution in [0.3, 0.4) is 0 Å². The second kappa shape index (κ2) is 6.70. The lowest BCUT2D eigenvalue weighted by Gasteiger charge is -2.14. The van der Waals surface area contributed by atoms with E-state index in [4.69, 9.17) is 4.74 Å². The van der Waals surface area contributed by atoms with E-state index >= 15 is 0 Å². The Labute approximate surface area is 147 Å². The number of hydrogen-bond donors (Lipinski definition) is 1. The van der Waals surface area contributed by atoms with Gasteiger partial charge in [0.2, 0.25) is 0 Å². The molecule has 0 saturated carbocycles. The number of nitrogens with one attached hydrogen (secondary N) is 1. The average Bonchev–Trinajstić information content (AvgIpc) is 2.69. The van der Waals surface area contributed by atoms with E-state index in [0.717, 1.165) is 17.1 Å². The van der Waals surface area contributed by atoms with Gasteiger partial charge in [-0.05, 0) is 46.8 Å². The molecule has 0 aliphatic rings. The maximum absolute atomic E-state index is 5.23. The monoisotopic (exact) mass is 325 g/mol. The van der Waals surface area contributed by atoms with Gasteiger partial charge in [0.05, 0.1) is 7.11 Å². The lowest BCUT2D eigenvalue weighted by Crippen LogP contribution is -1.93. The van der Waals surface area contributed by atoms with E-state index in [-0.39, 0.29) is 0 Å². The Morgan fingerprint density at radius 3 is 2.04 bits per heavy atom. The number of hydrogen-bond acceptors (Lipinski definition) is 2. The predicted molar refractivity (Wildman–Crippen MR) is 106 cm³/mol. The smallest absolute Gasteiger partial charge is 0.119 e. The number of benzene rings is 4. The Morgan fingerprint density at radius 2 is 1.32 bits per heavy atom. The van der Waals surface area contributed by atoms with Crippen LogP contribution in [0.4, 0.5) is 11.4 Å². The van der Waals surface area contributed by atoms with Crippen LogP contribution in [0.5, 0.6) is 5.75 Å². The summed E-state index contributed by atoms with van der Waals surface area (Å²) in [5, 5.41) is 5.97. The SMILES string of the molecule is COc1ccc(Nc2ccc(-c3ccccc3)c3ccccc23)cc1. The van der Waals surface area contributed by atoms with Crippen molar-refractivity contribution in [3.05, 3.63) is 91.0 Å². The maximum atomic E-state index is 5.23. The summed E-state index contributed by atoms with van der Waals surface area (Å²) in [7, 11) is 1.68. The molecule has 0 fully saturated rings. The minimum Gasteiger partial charge on any atom is -0.497 e. The zero-order valence-electron chi connectivity index (χ0n) is 14.1. The summed E-state index contributed by atoms with van der Waals surface area (Å²) in [6, 6.07) is 31.3. The van der Waals surface area contributed by atoms with Gasteiger partial charge in [0.1, 0.15) is 5.75 Å². The van der Waals surface area contributed by atoms with Crippen LogP contribution in [0.15, 0.2) is 91.0 Å². The molecule has 4 rings (SSSR count). The van der Waals surface area contributed by atoms with Gasteiger partial charge in [0.25, 0.3) is 0 Å². The molecular weight excluding hydrogens is 306 g/mol. The first-order chi connectivity index (χ1) is 12.3. The molecule has 1 N–H and O–H groups in total. The third-order valence-corrected chi connectivity index (χ3v) is 4.38. The molecule has 4 aromatic rings. The van der Waals surface area contributed by atoms with Gasteiger partial charge in [-0.25, -0.2) is 0 Å². The highest BCUT2D eigenvalue weighted by Gasteiger charge is 2.07. The minimum atomic E-state index is 0.856. The highest BCUT2D eigenvalue weighted by atomic mass is 16.5. The highest BCUT2D eigenvalue weighted by molar-refractivity contribution is 6.04. The van der Waals surface area contributed by atoms with Crippen molar-refractivity contribution in [1.82, 2.24) is 0 Å². The van der Waals surface area contributed by atoms with Gasteiger partial charge in [0.15, 0.2) is 0 Å². The van der Waals surface area contributed by atoms with Gasteiger partial charge in [-0.15, -0.1) is 0 Å². The van der Waals surface area contributed by atoms with Gasteiger partial charge in [-0.2, -0.15) is 0 Å². The van der Waals surface area contributed by atoms with E-state index in [1.54, 1.807) is 7.11 Å². The topological polar surface area (TPSA) is 21.3 Å². The third kappa shape index (κ3) is 3.07. The molecule has 122 valence electrons. The number of ether oxygens (including phenoxy) is 1. The third-order valence-electron chi connectivity index (χ3n) is 4.38. The molecule has 0 radical (unpaired) electrons. The Bertz CT molecular complexity index is 991. The Hall–Kier alpha value is -3.26. The van der Waals surface area contributed by atoms with Crippen molar-refractivity contribution in [2.24, 2.45) is 0 Å². The molecule has 25 heavy (non-hydrogen) atoms. The average molecular weight is 325 g/mol. The lowest BCUT2D eigenvalue weighted by atomic mass is 9.97. The van der Waals surface area contributed by atoms with E-state index in [2.05, 4.69) is 66.0 Å². The molecule has 0 atom stereocenters. The Balaban J connectivity index is 1.78. The first-order valence-corrected chi connectivity index (χ1v) is 8.33. The van der Waals surface area contributed by atoms with Crippen molar-refractivity contribution in [2.45, 2.75) is 0 Å². The quantitative estimate of drug-likeness (QED) is 0.478. The molecule has 0 aliphatic carbocycles. The Morgan fingerprint density at radius 1 is 0.640 bits per heavy atom. The molecular formula is C23H19NO. The zero-order valence-corrected chi connectivity index (χ0v) is 14.1. The molecule has 4 aromatic carbocycles. The molecule has 0 aromatic heterocycles. The standard InChI is InChI=1S/C23H19NO/c1-25-19-13-11-18(12-14-19)24-23-16-15-20(17-7-3-2-4-8-17)21-9-5-6-10-22(21)23/h2-16,24H,1H3. The molecule has 0 amide bonds. The Kier molecular flexibility index (Phi) is 4.09. The molecule has 2 nitrogen and oxygen atoms in total. The van der Waals surface area contributed by atoms with Gasteiger partial charge in [-0.3, -0.25) is 0 Å². The molecule has 0 spiro atoms. The van der Waals surface area contributed by atoms with Crippen LogP contribution in [-0.2, 0) is 0 Å². The summed E-state index contributed by atoms with van der Waals surface area (Å²) in [5.41, 5.74) is 4.62. The fraction of sp³-hybridized carbons (Fsp3) is 0.0435. The van der Waals surface area contributed by atoms with E-state index in [1.807, 2.05) is 30.3 Å². The second-order valence-corrected chi connectivity index (χ2v) is 5.93. The van der Waals surface area contributed by atoms with Crippen LogP contribution < -0.4 is 10.1 Å².